The fraction of sp³-hybridized carbons (Fsp3) is 0.474. The van der Waals surface area contributed by atoms with Crippen molar-refractivity contribution in [3.05, 3.63) is 47.8 Å². The number of hydrogen-bond donors (Lipinski definition) is 1. The normalized spacial score (nSPS) is 17.0. The first kappa shape index (κ1) is 17.5. The number of hydrogen-bond acceptors (Lipinski definition) is 4. The lowest BCUT2D eigenvalue weighted by molar-refractivity contribution is -0.131. The minimum atomic E-state index is 0.151. The van der Waals surface area contributed by atoms with Crippen LogP contribution in [0.2, 0.25) is 0 Å². The molecule has 1 aromatic carbocycles. The molecule has 1 atom stereocenters. The zero-order chi connectivity index (χ0) is 17.6. The first-order valence-electron chi connectivity index (χ1n) is 8.80. The zero-order valence-corrected chi connectivity index (χ0v) is 14.9. The average molecular weight is 342 g/mol. The van der Waals surface area contributed by atoms with E-state index in [9.17, 15) is 4.79 Å². The van der Waals surface area contributed by atoms with Crippen LogP contribution in [0, 0.1) is 6.92 Å². The van der Waals surface area contributed by atoms with Crippen LogP contribution in [0.25, 0.3) is 0 Å². The van der Waals surface area contributed by atoms with Crippen molar-refractivity contribution in [2.24, 2.45) is 0 Å². The summed E-state index contributed by atoms with van der Waals surface area (Å²) in [5.74, 6) is 0.992. The molecule has 1 unspecified atom stereocenters. The van der Waals surface area contributed by atoms with Gasteiger partial charge in [-0.3, -0.25) is 9.48 Å². The molecule has 0 bridgehead atoms. The van der Waals surface area contributed by atoms with E-state index in [1.165, 1.54) is 0 Å². The highest BCUT2D eigenvalue weighted by Gasteiger charge is 2.29. The summed E-state index contributed by atoms with van der Waals surface area (Å²) in [4.78, 5) is 14.6. The van der Waals surface area contributed by atoms with Gasteiger partial charge in [0.1, 0.15) is 5.75 Å². The van der Waals surface area contributed by atoms with Crippen LogP contribution in [-0.4, -0.2) is 47.3 Å². The number of likely N-dealkylation sites (tertiary alicyclic amines) is 1. The van der Waals surface area contributed by atoms with E-state index in [0.717, 1.165) is 49.4 Å². The smallest absolute Gasteiger partial charge is 0.237 e. The third kappa shape index (κ3) is 4.39. The van der Waals surface area contributed by atoms with Gasteiger partial charge in [-0.1, -0.05) is 12.1 Å². The number of carbonyl (C=O) groups is 1. The summed E-state index contributed by atoms with van der Waals surface area (Å²) < 4.78 is 7.20. The Bertz CT molecular complexity index is 713. The molecule has 134 valence electrons. The molecule has 3 rings (SSSR count). The predicted octanol–water partition coefficient (Wildman–Crippen LogP) is 2.15. The topological polar surface area (TPSA) is 59.4 Å². The number of nitrogens with one attached hydrogen (secondary N) is 1. The Morgan fingerprint density at radius 1 is 1.44 bits per heavy atom. The van der Waals surface area contributed by atoms with Gasteiger partial charge in [-0.05, 0) is 43.0 Å². The minimum absolute atomic E-state index is 0.151. The highest BCUT2D eigenvalue weighted by molar-refractivity contribution is 5.79. The second-order valence-corrected chi connectivity index (χ2v) is 6.48. The van der Waals surface area contributed by atoms with Gasteiger partial charge in [0.15, 0.2) is 0 Å². The average Bonchev–Trinajstić information content (AvgIpc) is 3.27. The van der Waals surface area contributed by atoms with Gasteiger partial charge in [-0.2, -0.15) is 5.10 Å². The Balaban J connectivity index is 1.51. The fourth-order valence-corrected chi connectivity index (χ4v) is 3.34. The van der Waals surface area contributed by atoms with Gasteiger partial charge in [0.25, 0.3) is 0 Å². The van der Waals surface area contributed by atoms with Crippen molar-refractivity contribution >= 4 is 5.91 Å². The van der Waals surface area contributed by atoms with Crippen molar-refractivity contribution in [3.63, 3.8) is 0 Å². The summed E-state index contributed by atoms with van der Waals surface area (Å²) >= 11 is 0. The lowest BCUT2D eigenvalue weighted by atomic mass is 10.0. The molecular weight excluding hydrogens is 316 g/mol. The summed E-state index contributed by atoms with van der Waals surface area (Å²) in [7, 11) is 1.67. The number of methoxy groups -OCH3 is 1. The fourth-order valence-electron chi connectivity index (χ4n) is 3.34. The number of carbonyl (C=O) groups excluding carboxylic acids is 1. The molecule has 2 heterocycles. The molecule has 1 aliphatic rings. The number of rotatable bonds is 7. The van der Waals surface area contributed by atoms with Crippen molar-refractivity contribution in [1.82, 2.24) is 20.0 Å². The molecule has 1 aromatic heterocycles. The molecule has 6 heteroatoms. The Labute approximate surface area is 148 Å². The van der Waals surface area contributed by atoms with Gasteiger partial charge >= 0.3 is 0 Å². The molecular formula is C19H26N4O2. The quantitative estimate of drug-likeness (QED) is 0.784. The van der Waals surface area contributed by atoms with E-state index in [4.69, 9.17) is 4.74 Å². The Hall–Kier alpha value is -2.34. The van der Waals surface area contributed by atoms with Crippen molar-refractivity contribution in [3.8, 4) is 5.75 Å². The maximum Gasteiger partial charge on any atom is 0.237 e. The van der Waals surface area contributed by atoms with Crippen LogP contribution in [0.4, 0.5) is 0 Å². The Morgan fingerprint density at radius 2 is 2.32 bits per heavy atom. The number of aromatic nitrogens is 2. The highest BCUT2D eigenvalue weighted by Crippen LogP contribution is 2.33. The Kier molecular flexibility index (Phi) is 5.71. The van der Waals surface area contributed by atoms with E-state index >= 15 is 0 Å². The summed E-state index contributed by atoms with van der Waals surface area (Å²) in [5.41, 5.74) is 2.30. The van der Waals surface area contributed by atoms with E-state index in [2.05, 4.69) is 16.5 Å². The van der Waals surface area contributed by atoms with Gasteiger partial charge in [0.2, 0.25) is 5.91 Å². The van der Waals surface area contributed by atoms with Crippen molar-refractivity contribution in [2.45, 2.75) is 32.4 Å². The summed E-state index contributed by atoms with van der Waals surface area (Å²) in [5, 5.41) is 7.49. The molecule has 1 fully saturated rings. The van der Waals surface area contributed by atoms with Gasteiger partial charge in [-0.15, -0.1) is 0 Å². The predicted molar refractivity (Wildman–Crippen MR) is 96.5 cm³/mol. The van der Waals surface area contributed by atoms with Crippen LogP contribution in [-0.2, 0) is 11.3 Å². The number of ether oxygens (including phenoxy) is 1. The number of aryl methyl sites for hydroxylation is 1. The van der Waals surface area contributed by atoms with Gasteiger partial charge in [0.05, 0.1) is 32.4 Å². The first-order chi connectivity index (χ1) is 12.2. The number of amides is 1. The number of nitrogens with zero attached hydrogens (tertiary/aromatic N) is 3. The standard InChI is InChI=1S/C19H26N4O2/c1-15-12-21-22(14-15)10-8-20-13-19(24)23-9-4-7-18(23)16-5-3-6-17(11-16)25-2/h3,5-6,11-12,14,18,20H,4,7-10,13H2,1-2H3. The highest BCUT2D eigenvalue weighted by atomic mass is 16.5. The van der Waals surface area contributed by atoms with Crippen molar-refractivity contribution in [1.29, 1.82) is 0 Å². The molecule has 1 N–H and O–H groups in total. The van der Waals surface area contributed by atoms with Crippen LogP contribution in [0.5, 0.6) is 5.75 Å². The molecule has 1 saturated heterocycles. The van der Waals surface area contributed by atoms with E-state index in [1.54, 1.807) is 7.11 Å². The molecule has 0 spiro atoms. The van der Waals surface area contributed by atoms with Crippen molar-refractivity contribution < 1.29 is 9.53 Å². The Morgan fingerprint density at radius 3 is 3.08 bits per heavy atom. The van der Waals surface area contributed by atoms with E-state index < -0.39 is 0 Å². The maximum atomic E-state index is 12.6. The van der Waals surface area contributed by atoms with E-state index in [-0.39, 0.29) is 11.9 Å². The minimum Gasteiger partial charge on any atom is -0.497 e. The molecule has 25 heavy (non-hydrogen) atoms. The van der Waals surface area contributed by atoms with Crippen molar-refractivity contribution in [2.75, 3.05) is 26.7 Å². The van der Waals surface area contributed by atoms with Crippen LogP contribution < -0.4 is 10.1 Å². The molecule has 2 aromatic rings. The van der Waals surface area contributed by atoms with Gasteiger partial charge in [0, 0.05) is 19.3 Å². The first-order valence-corrected chi connectivity index (χ1v) is 8.80. The molecule has 0 radical (unpaired) electrons. The third-order valence-electron chi connectivity index (χ3n) is 4.61. The molecule has 0 aliphatic carbocycles. The summed E-state index contributed by atoms with van der Waals surface area (Å²) in [6.45, 7) is 4.69. The molecule has 0 saturated carbocycles. The molecule has 6 nitrogen and oxygen atoms in total. The van der Waals surface area contributed by atoms with Gasteiger partial charge < -0.3 is 15.0 Å². The largest absolute Gasteiger partial charge is 0.497 e. The maximum absolute atomic E-state index is 12.6. The molecule has 1 amide bonds. The van der Waals surface area contributed by atoms with E-state index in [1.807, 2.05) is 47.1 Å². The SMILES string of the molecule is COc1cccc(C2CCCN2C(=O)CNCCn2cc(C)cn2)c1. The molecule has 1 aliphatic heterocycles. The van der Waals surface area contributed by atoms with Gasteiger partial charge in [-0.25, -0.2) is 0 Å². The summed E-state index contributed by atoms with van der Waals surface area (Å²) in [6.07, 6.45) is 5.89. The monoisotopic (exact) mass is 342 g/mol. The van der Waals surface area contributed by atoms with E-state index in [0.29, 0.717) is 6.54 Å². The summed E-state index contributed by atoms with van der Waals surface area (Å²) in [6, 6.07) is 8.18. The second-order valence-electron chi connectivity index (χ2n) is 6.48. The van der Waals surface area contributed by atoms with Crippen LogP contribution in [0.3, 0.4) is 0 Å². The second kappa shape index (κ2) is 8.16. The van der Waals surface area contributed by atoms with Crippen LogP contribution >= 0.6 is 0 Å². The lowest BCUT2D eigenvalue weighted by Crippen LogP contribution is -2.38. The third-order valence-corrected chi connectivity index (χ3v) is 4.61. The lowest BCUT2D eigenvalue weighted by Gasteiger charge is -2.25. The zero-order valence-electron chi connectivity index (χ0n) is 14.9. The van der Waals surface area contributed by atoms with Crippen LogP contribution in [0.1, 0.15) is 30.0 Å². The number of benzene rings is 1. The van der Waals surface area contributed by atoms with Crippen LogP contribution in [0.15, 0.2) is 36.7 Å².